The number of thioether (sulfide) groups is 1. The van der Waals surface area contributed by atoms with Crippen LogP contribution in [0.25, 0.3) is 11.4 Å². The number of likely N-dealkylation sites (N-methyl/N-ethyl adjacent to an activating group) is 1. The van der Waals surface area contributed by atoms with E-state index in [0.717, 1.165) is 29.5 Å². The van der Waals surface area contributed by atoms with Gasteiger partial charge in [0.1, 0.15) is 0 Å². The molecule has 0 amide bonds. The van der Waals surface area contributed by atoms with Gasteiger partial charge < -0.3 is 9.84 Å². The monoisotopic (exact) mass is 276 g/mol. The minimum Gasteiger partial charge on any atom is -0.339 e. The maximum absolute atomic E-state index is 5.44. The lowest BCUT2D eigenvalue weighted by atomic mass is 10.0. The summed E-state index contributed by atoms with van der Waals surface area (Å²) >= 11 is 1.93. The zero-order valence-electron chi connectivity index (χ0n) is 10.7. The minimum absolute atomic E-state index is 0.308. The van der Waals surface area contributed by atoms with Gasteiger partial charge in [-0.15, -0.1) is 0 Å². The van der Waals surface area contributed by atoms with Gasteiger partial charge in [0.25, 0.3) is 0 Å². The fourth-order valence-corrected chi connectivity index (χ4v) is 3.63. The average Bonchev–Trinajstić information content (AvgIpc) is 3.08. The Labute approximate surface area is 116 Å². The SMILES string of the molecule is CCNC1CSCC1c1nc(-c2cccnc2)no1. The van der Waals surface area contributed by atoms with E-state index in [0.29, 0.717) is 17.8 Å². The molecule has 100 valence electrons. The quantitative estimate of drug-likeness (QED) is 0.920. The third kappa shape index (κ3) is 2.64. The van der Waals surface area contributed by atoms with Crippen LogP contribution in [0.2, 0.25) is 0 Å². The average molecular weight is 276 g/mol. The molecule has 2 aromatic rings. The van der Waals surface area contributed by atoms with Gasteiger partial charge >= 0.3 is 0 Å². The van der Waals surface area contributed by atoms with Gasteiger partial charge in [-0.3, -0.25) is 4.98 Å². The Morgan fingerprint density at radius 1 is 1.47 bits per heavy atom. The van der Waals surface area contributed by atoms with Gasteiger partial charge in [0.15, 0.2) is 0 Å². The van der Waals surface area contributed by atoms with E-state index in [1.54, 1.807) is 12.4 Å². The molecule has 2 aromatic heterocycles. The number of hydrogen-bond acceptors (Lipinski definition) is 6. The zero-order chi connectivity index (χ0) is 13.1. The van der Waals surface area contributed by atoms with Gasteiger partial charge in [-0.25, -0.2) is 0 Å². The second kappa shape index (κ2) is 5.71. The van der Waals surface area contributed by atoms with E-state index < -0.39 is 0 Å². The Morgan fingerprint density at radius 3 is 3.21 bits per heavy atom. The second-order valence-electron chi connectivity index (χ2n) is 4.51. The first-order valence-electron chi connectivity index (χ1n) is 6.43. The maximum Gasteiger partial charge on any atom is 0.232 e. The van der Waals surface area contributed by atoms with E-state index in [1.165, 1.54) is 0 Å². The van der Waals surface area contributed by atoms with Crippen molar-refractivity contribution in [1.29, 1.82) is 0 Å². The summed E-state index contributed by atoms with van der Waals surface area (Å²) in [5.41, 5.74) is 0.892. The van der Waals surface area contributed by atoms with Crippen LogP contribution < -0.4 is 5.32 Å². The summed E-state index contributed by atoms with van der Waals surface area (Å²) in [4.78, 5) is 8.60. The maximum atomic E-state index is 5.44. The molecule has 3 heterocycles. The number of rotatable bonds is 4. The van der Waals surface area contributed by atoms with Crippen molar-refractivity contribution in [3.8, 4) is 11.4 Å². The molecule has 1 N–H and O–H groups in total. The number of nitrogens with one attached hydrogen (secondary N) is 1. The molecular formula is C13H16N4OS. The first-order valence-corrected chi connectivity index (χ1v) is 7.59. The first kappa shape index (κ1) is 12.6. The van der Waals surface area contributed by atoms with Crippen LogP contribution in [0.15, 0.2) is 29.0 Å². The molecule has 1 saturated heterocycles. The standard InChI is InChI=1S/C13H16N4OS/c1-2-15-11-8-19-7-10(11)13-16-12(17-18-13)9-4-3-5-14-6-9/h3-6,10-11,15H,2,7-8H2,1H3. The van der Waals surface area contributed by atoms with Crippen LogP contribution >= 0.6 is 11.8 Å². The van der Waals surface area contributed by atoms with Crippen molar-refractivity contribution in [2.75, 3.05) is 18.1 Å². The van der Waals surface area contributed by atoms with E-state index >= 15 is 0 Å². The van der Waals surface area contributed by atoms with Crippen LogP contribution in [0.1, 0.15) is 18.7 Å². The van der Waals surface area contributed by atoms with Gasteiger partial charge in [-0.2, -0.15) is 16.7 Å². The zero-order valence-corrected chi connectivity index (χ0v) is 11.6. The third-order valence-corrected chi connectivity index (χ3v) is 4.42. The van der Waals surface area contributed by atoms with Crippen molar-refractivity contribution in [2.24, 2.45) is 0 Å². The molecular weight excluding hydrogens is 260 g/mol. The van der Waals surface area contributed by atoms with Gasteiger partial charge in [-0.1, -0.05) is 12.1 Å². The molecule has 1 aliphatic heterocycles. The molecule has 0 aliphatic carbocycles. The topological polar surface area (TPSA) is 63.8 Å². The Hall–Kier alpha value is -1.40. The van der Waals surface area contributed by atoms with Crippen molar-refractivity contribution < 1.29 is 4.52 Å². The molecule has 5 nitrogen and oxygen atoms in total. The lowest BCUT2D eigenvalue weighted by Gasteiger charge is -2.15. The largest absolute Gasteiger partial charge is 0.339 e. The fourth-order valence-electron chi connectivity index (χ4n) is 2.26. The van der Waals surface area contributed by atoms with Crippen LogP contribution in [0.4, 0.5) is 0 Å². The molecule has 0 bridgehead atoms. The third-order valence-electron chi connectivity index (χ3n) is 3.23. The summed E-state index contributed by atoms with van der Waals surface area (Å²) < 4.78 is 5.44. The van der Waals surface area contributed by atoms with Crippen LogP contribution in [-0.4, -0.2) is 39.2 Å². The second-order valence-corrected chi connectivity index (χ2v) is 5.58. The summed E-state index contributed by atoms with van der Waals surface area (Å²) in [6, 6.07) is 4.24. The Kier molecular flexibility index (Phi) is 3.79. The lowest BCUT2D eigenvalue weighted by molar-refractivity contribution is 0.340. The molecule has 2 unspecified atom stereocenters. The van der Waals surface area contributed by atoms with Gasteiger partial charge in [0, 0.05) is 35.5 Å². The summed E-state index contributed by atoms with van der Waals surface area (Å²) in [6.45, 7) is 3.08. The Balaban J connectivity index is 1.81. The number of aromatic nitrogens is 3. The summed E-state index contributed by atoms with van der Waals surface area (Å²) in [7, 11) is 0. The van der Waals surface area contributed by atoms with E-state index in [9.17, 15) is 0 Å². The van der Waals surface area contributed by atoms with Crippen molar-refractivity contribution in [1.82, 2.24) is 20.4 Å². The normalized spacial score (nSPS) is 22.8. The van der Waals surface area contributed by atoms with Crippen molar-refractivity contribution in [2.45, 2.75) is 18.9 Å². The molecule has 6 heteroatoms. The van der Waals surface area contributed by atoms with Crippen LogP contribution in [0.3, 0.4) is 0 Å². The van der Waals surface area contributed by atoms with Crippen molar-refractivity contribution >= 4 is 11.8 Å². The van der Waals surface area contributed by atoms with Crippen LogP contribution in [0, 0.1) is 0 Å². The predicted octanol–water partition coefficient (Wildman–Crippen LogP) is 1.94. The molecule has 19 heavy (non-hydrogen) atoms. The summed E-state index contributed by atoms with van der Waals surface area (Å²) in [6.07, 6.45) is 3.49. The fraction of sp³-hybridized carbons (Fsp3) is 0.462. The molecule has 0 spiro atoms. The highest BCUT2D eigenvalue weighted by Crippen LogP contribution is 2.32. The van der Waals surface area contributed by atoms with Crippen molar-refractivity contribution in [3.63, 3.8) is 0 Å². The predicted molar refractivity (Wildman–Crippen MR) is 75.1 cm³/mol. The van der Waals surface area contributed by atoms with Crippen molar-refractivity contribution in [3.05, 3.63) is 30.4 Å². The number of nitrogens with zero attached hydrogens (tertiary/aromatic N) is 3. The first-order chi connectivity index (χ1) is 9.38. The lowest BCUT2D eigenvalue weighted by Crippen LogP contribution is -2.34. The highest BCUT2D eigenvalue weighted by molar-refractivity contribution is 7.99. The molecule has 1 aliphatic rings. The van der Waals surface area contributed by atoms with Gasteiger partial charge in [0.05, 0.1) is 5.92 Å². The molecule has 0 aromatic carbocycles. The highest BCUT2D eigenvalue weighted by atomic mass is 32.2. The smallest absolute Gasteiger partial charge is 0.232 e. The summed E-state index contributed by atoms with van der Waals surface area (Å²) in [5, 5.41) is 7.54. The molecule has 2 atom stereocenters. The van der Waals surface area contributed by atoms with E-state index in [4.69, 9.17) is 4.52 Å². The molecule has 0 radical (unpaired) electrons. The van der Waals surface area contributed by atoms with E-state index in [-0.39, 0.29) is 0 Å². The van der Waals surface area contributed by atoms with E-state index in [2.05, 4.69) is 27.4 Å². The minimum atomic E-state index is 0.308. The number of pyridine rings is 1. The van der Waals surface area contributed by atoms with Gasteiger partial charge in [0.2, 0.25) is 11.7 Å². The summed E-state index contributed by atoms with van der Waals surface area (Å²) in [5.74, 6) is 3.79. The molecule has 0 saturated carbocycles. The highest BCUT2D eigenvalue weighted by Gasteiger charge is 2.32. The Morgan fingerprint density at radius 2 is 2.42 bits per heavy atom. The van der Waals surface area contributed by atoms with Crippen LogP contribution in [-0.2, 0) is 0 Å². The molecule has 3 rings (SSSR count). The Bertz CT molecular complexity index is 530. The van der Waals surface area contributed by atoms with Crippen LogP contribution in [0.5, 0.6) is 0 Å². The number of hydrogen-bond donors (Lipinski definition) is 1. The van der Waals surface area contributed by atoms with E-state index in [1.807, 2.05) is 23.9 Å². The molecule has 1 fully saturated rings. The van der Waals surface area contributed by atoms with Gasteiger partial charge in [-0.05, 0) is 18.7 Å².